The molecule has 0 aliphatic carbocycles. The monoisotopic (exact) mass is 357 g/mol. The van der Waals surface area contributed by atoms with E-state index in [1.54, 1.807) is 6.07 Å². The highest BCUT2D eigenvalue weighted by Gasteiger charge is 2.00. The first kappa shape index (κ1) is 20.4. The fraction of sp³-hybridized carbons (Fsp3) is 0.478. The van der Waals surface area contributed by atoms with Crippen LogP contribution >= 0.6 is 0 Å². The SMILES string of the molecule is CCCCCCCCOc1ccc(CNCCc2ccccc2F)cc1. The first-order valence-corrected chi connectivity index (χ1v) is 9.95. The molecular formula is C23H32FNO. The second-order valence-corrected chi connectivity index (χ2v) is 6.78. The summed E-state index contributed by atoms with van der Waals surface area (Å²) < 4.78 is 19.3. The summed E-state index contributed by atoms with van der Waals surface area (Å²) in [7, 11) is 0. The average Bonchev–Trinajstić information content (AvgIpc) is 2.67. The van der Waals surface area contributed by atoms with Crippen molar-refractivity contribution in [1.29, 1.82) is 0 Å². The zero-order chi connectivity index (χ0) is 18.5. The first-order valence-electron chi connectivity index (χ1n) is 9.95. The van der Waals surface area contributed by atoms with Gasteiger partial charge in [-0.15, -0.1) is 0 Å². The van der Waals surface area contributed by atoms with E-state index in [1.165, 1.54) is 43.7 Å². The molecule has 2 nitrogen and oxygen atoms in total. The van der Waals surface area contributed by atoms with Crippen LogP contribution in [-0.2, 0) is 13.0 Å². The summed E-state index contributed by atoms with van der Waals surface area (Å²) in [5, 5.41) is 3.37. The van der Waals surface area contributed by atoms with Crippen molar-refractivity contribution in [3.8, 4) is 5.75 Å². The molecule has 2 aromatic rings. The molecule has 0 amide bonds. The number of halogens is 1. The van der Waals surface area contributed by atoms with E-state index in [1.807, 2.05) is 24.3 Å². The molecule has 0 atom stereocenters. The van der Waals surface area contributed by atoms with E-state index in [4.69, 9.17) is 4.74 Å². The lowest BCUT2D eigenvalue weighted by atomic mass is 10.1. The molecular weight excluding hydrogens is 325 g/mol. The maximum Gasteiger partial charge on any atom is 0.126 e. The zero-order valence-corrected chi connectivity index (χ0v) is 16.0. The predicted octanol–water partition coefficient (Wildman–Crippen LogP) is 5.90. The molecule has 0 aromatic heterocycles. The van der Waals surface area contributed by atoms with Crippen molar-refractivity contribution in [2.24, 2.45) is 0 Å². The van der Waals surface area contributed by atoms with Gasteiger partial charge in [0, 0.05) is 6.54 Å². The Kier molecular flexibility index (Phi) is 9.81. The van der Waals surface area contributed by atoms with Gasteiger partial charge in [-0.2, -0.15) is 0 Å². The largest absolute Gasteiger partial charge is 0.494 e. The summed E-state index contributed by atoms with van der Waals surface area (Å²) in [6.45, 7) is 4.58. The van der Waals surface area contributed by atoms with Crippen LogP contribution in [0, 0.1) is 5.82 Å². The molecule has 0 spiro atoms. The first-order chi connectivity index (χ1) is 12.8. The molecule has 0 radical (unpaired) electrons. The van der Waals surface area contributed by atoms with Gasteiger partial charge in [0.05, 0.1) is 6.61 Å². The summed E-state index contributed by atoms with van der Waals surface area (Å²) in [5.41, 5.74) is 1.98. The van der Waals surface area contributed by atoms with E-state index >= 15 is 0 Å². The molecule has 0 saturated carbocycles. The Bertz CT molecular complexity index is 612. The van der Waals surface area contributed by atoms with E-state index in [-0.39, 0.29) is 5.82 Å². The average molecular weight is 358 g/mol. The molecule has 2 aromatic carbocycles. The van der Waals surface area contributed by atoms with Crippen LogP contribution in [0.4, 0.5) is 4.39 Å². The summed E-state index contributed by atoms with van der Waals surface area (Å²) in [4.78, 5) is 0. The van der Waals surface area contributed by atoms with Crippen LogP contribution < -0.4 is 10.1 Å². The maximum atomic E-state index is 13.5. The van der Waals surface area contributed by atoms with E-state index in [9.17, 15) is 4.39 Å². The molecule has 0 aliphatic rings. The summed E-state index contributed by atoms with van der Waals surface area (Å²) in [6, 6.07) is 15.2. The van der Waals surface area contributed by atoms with Gasteiger partial charge in [0.2, 0.25) is 0 Å². The minimum absolute atomic E-state index is 0.124. The summed E-state index contributed by atoms with van der Waals surface area (Å²) in [5.74, 6) is 0.815. The molecule has 1 N–H and O–H groups in total. The van der Waals surface area contributed by atoms with Gasteiger partial charge < -0.3 is 10.1 Å². The van der Waals surface area contributed by atoms with Crippen molar-refractivity contribution >= 4 is 0 Å². The van der Waals surface area contributed by atoms with Gasteiger partial charge >= 0.3 is 0 Å². The second kappa shape index (κ2) is 12.5. The molecule has 0 fully saturated rings. The van der Waals surface area contributed by atoms with Gasteiger partial charge in [0.25, 0.3) is 0 Å². The number of hydrogen-bond acceptors (Lipinski definition) is 2. The molecule has 0 bridgehead atoms. The minimum atomic E-state index is -0.124. The highest BCUT2D eigenvalue weighted by Crippen LogP contribution is 2.13. The Morgan fingerprint density at radius 3 is 2.38 bits per heavy atom. The Balaban J connectivity index is 1.58. The van der Waals surface area contributed by atoms with Gasteiger partial charge in [-0.25, -0.2) is 4.39 Å². The van der Waals surface area contributed by atoms with Gasteiger partial charge in [-0.05, 0) is 48.7 Å². The van der Waals surface area contributed by atoms with Crippen molar-refractivity contribution in [1.82, 2.24) is 5.32 Å². The minimum Gasteiger partial charge on any atom is -0.494 e. The van der Waals surface area contributed by atoms with E-state index in [0.29, 0.717) is 6.42 Å². The standard InChI is InChI=1S/C23H32FNO/c1-2-3-4-5-6-9-18-26-22-14-12-20(13-15-22)19-25-17-16-21-10-7-8-11-23(21)24/h7-8,10-15,25H,2-6,9,16-19H2,1H3. The lowest BCUT2D eigenvalue weighted by molar-refractivity contribution is 0.304. The Hall–Kier alpha value is -1.87. The van der Waals surface area contributed by atoms with Crippen LogP contribution in [0.3, 0.4) is 0 Å². The highest BCUT2D eigenvalue weighted by molar-refractivity contribution is 5.27. The van der Waals surface area contributed by atoms with Gasteiger partial charge in [-0.3, -0.25) is 0 Å². The Labute approximate surface area is 157 Å². The third-order valence-electron chi connectivity index (χ3n) is 4.55. The number of rotatable bonds is 13. The lowest BCUT2D eigenvalue weighted by Gasteiger charge is -2.09. The van der Waals surface area contributed by atoms with Crippen LogP contribution in [0.5, 0.6) is 5.75 Å². The molecule has 26 heavy (non-hydrogen) atoms. The normalized spacial score (nSPS) is 10.8. The van der Waals surface area contributed by atoms with Crippen molar-refractivity contribution in [2.45, 2.75) is 58.4 Å². The summed E-state index contributed by atoms with van der Waals surface area (Å²) in [6.07, 6.45) is 8.38. The van der Waals surface area contributed by atoms with Crippen LogP contribution in [-0.4, -0.2) is 13.2 Å². The third kappa shape index (κ3) is 8.01. The third-order valence-corrected chi connectivity index (χ3v) is 4.55. The predicted molar refractivity (Wildman–Crippen MR) is 107 cm³/mol. The fourth-order valence-corrected chi connectivity index (χ4v) is 2.93. The number of ether oxygens (including phenoxy) is 1. The van der Waals surface area contributed by atoms with Crippen LogP contribution in [0.25, 0.3) is 0 Å². The molecule has 0 saturated heterocycles. The van der Waals surface area contributed by atoms with E-state index < -0.39 is 0 Å². The summed E-state index contributed by atoms with van der Waals surface area (Å²) >= 11 is 0. The molecule has 0 aliphatic heterocycles. The Morgan fingerprint density at radius 1 is 0.885 bits per heavy atom. The van der Waals surface area contributed by atoms with Crippen molar-refractivity contribution < 1.29 is 9.13 Å². The van der Waals surface area contributed by atoms with Gasteiger partial charge in [0.1, 0.15) is 11.6 Å². The molecule has 0 heterocycles. The van der Waals surface area contributed by atoms with Gasteiger partial charge in [0.15, 0.2) is 0 Å². The molecule has 3 heteroatoms. The van der Waals surface area contributed by atoms with Crippen molar-refractivity contribution in [2.75, 3.05) is 13.2 Å². The second-order valence-electron chi connectivity index (χ2n) is 6.78. The maximum absolute atomic E-state index is 13.5. The van der Waals surface area contributed by atoms with Crippen LogP contribution in [0.2, 0.25) is 0 Å². The number of benzene rings is 2. The molecule has 0 unspecified atom stereocenters. The van der Waals surface area contributed by atoms with E-state index in [2.05, 4.69) is 24.4 Å². The van der Waals surface area contributed by atoms with Crippen molar-refractivity contribution in [3.63, 3.8) is 0 Å². The highest BCUT2D eigenvalue weighted by atomic mass is 19.1. The lowest BCUT2D eigenvalue weighted by Crippen LogP contribution is -2.17. The quantitative estimate of drug-likeness (QED) is 0.451. The molecule has 142 valence electrons. The van der Waals surface area contributed by atoms with Crippen LogP contribution in [0.1, 0.15) is 56.6 Å². The number of nitrogens with one attached hydrogen (secondary N) is 1. The number of hydrogen-bond donors (Lipinski definition) is 1. The topological polar surface area (TPSA) is 21.3 Å². The van der Waals surface area contributed by atoms with Crippen LogP contribution in [0.15, 0.2) is 48.5 Å². The fourth-order valence-electron chi connectivity index (χ4n) is 2.93. The smallest absolute Gasteiger partial charge is 0.126 e. The Morgan fingerprint density at radius 2 is 1.62 bits per heavy atom. The molecule has 2 rings (SSSR count). The van der Waals surface area contributed by atoms with E-state index in [0.717, 1.165) is 37.4 Å². The zero-order valence-electron chi connectivity index (χ0n) is 16.0. The number of unbranched alkanes of at least 4 members (excludes halogenated alkanes) is 5. The van der Waals surface area contributed by atoms with Gasteiger partial charge in [-0.1, -0.05) is 69.4 Å². The van der Waals surface area contributed by atoms with Crippen molar-refractivity contribution in [3.05, 3.63) is 65.5 Å².